The predicted molar refractivity (Wildman–Crippen MR) is 107 cm³/mol. The number of aryl methyl sites for hydroxylation is 1. The third kappa shape index (κ3) is 4.22. The number of thioether (sulfide) groups is 1. The van der Waals surface area contributed by atoms with Crippen molar-refractivity contribution in [1.29, 1.82) is 0 Å². The van der Waals surface area contributed by atoms with Crippen molar-refractivity contribution in [2.45, 2.75) is 21.6 Å². The van der Waals surface area contributed by atoms with Crippen LogP contribution in [0.5, 0.6) is 0 Å². The Labute approximate surface area is 165 Å². The summed E-state index contributed by atoms with van der Waals surface area (Å²) >= 11 is 1.54. The van der Waals surface area contributed by atoms with Crippen molar-refractivity contribution in [3.8, 4) is 0 Å². The predicted octanol–water partition coefficient (Wildman–Crippen LogP) is 2.41. The molecule has 0 bridgehead atoms. The van der Waals surface area contributed by atoms with Crippen LogP contribution in [0.3, 0.4) is 0 Å². The first kappa shape index (κ1) is 20.3. The van der Waals surface area contributed by atoms with E-state index in [9.17, 15) is 16.8 Å². The Morgan fingerprint density at radius 2 is 1.07 bits per heavy atom. The molecule has 0 N–H and O–H groups in total. The van der Waals surface area contributed by atoms with Crippen LogP contribution in [0.1, 0.15) is 5.56 Å². The fourth-order valence-electron chi connectivity index (χ4n) is 2.91. The lowest BCUT2D eigenvalue weighted by molar-refractivity contribution is 0.273. The molecule has 0 amide bonds. The lowest BCUT2D eigenvalue weighted by atomic mass is 10.2. The van der Waals surface area contributed by atoms with Gasteiger partial charge in [0.15, 0.2) is 0 Å². The summed E-state index contributed by atoms with van der Waals surface area (Å²) in [5, 5.41) is 0. The molecular formula is C18H22N2O4S3. The van der Waals surface area contributed by atoms with E-state index in [4.69, 9.17) is 0 Å². The molecule has 27 heavy (non-hydrogen) atoms. The molecule has 1 saturated heterocycles. The van der Waals surface area contributed by atoms with Gasteiger partial charge in [0.2, 0.25) is 20.0 Å². The second kappa shape index (κ2) is 7.92. The molecule has 1 heterocycles. The van der Waals surface area contributed by atoms with Crippen LogP contribution in [-0.2, 0) is 20.0 Å². The number of sulfonamides is 2. The highest BCUT2D eigenvalue weighted by Crippen LogP contribution is 2.23. The smallest absolute Gasteiger partial charge is 0.207 e. The number of benzene rings is 2. The maximum absolute atomic E-state index is 12.8. The summed E-state index contributed by atoms with van der Waals surface area (Å²) < 4.78 is 53.8. The highest BCUT2D eigenvalue weighted by molar-refractivity contribution is 7.98. The van der Waals surface area contributed by atoms with Crippen molar-refractivity contribution in [3.63, 3.8) is 0 Å². The molecule has 1 aliphatic rings. The van der Waals surface area contributed by atoms with E-state index in [0.29, 0.717) is 0 Å². The molecule has 0 unspecified atom stereocenters. The average molecular weight is 427 g/mol. The molecule has 3 rings (SSSR count). The second-order valence-electron chi connectivity index (χ2n) is 6.30. The van der Waals surface area contributed by atoms with E-state index in [-0.39, 0.29) is 36.0 Å². The maximum Gasteiger partial charge on any atom is 0.243 e. The first-order chi connectivity index (χ1) is 12.7. The van der Waals surface area contributed by atoms with Gasteiger partial charge in [0.05, 0.1) is 9.79 Å². The Hall–Kier alpha value is -1.39. The standard InChI is InChI=1S/C18H22N2O4S3/c1-15-3-7-17(8-4-15)26(21,22)19-11-13-20(14-12-19)27(23,24)18-9-5-16(25-2)6-10-18/h3-10H,11-14H2,1-2H3. The molecule has 9 heteroatoms. The van der Waals surface area contributed by atoms with Gasteiger partial charge in [0.25, 0.3) is 0 Å². The number of hydrogen-bond acceptors (Lipinski definition) is 5. The van der Waals surface area contributed by atoms with E-state index in [0.717, 1.165) is 10.5 Å². The van der Waals surface area contributed by atoms with Gasteiger partial charge in [0.1, 0.15) is 0 Å². The van der Waals surface area contributed by atoms with Gasteiger partial charge in [-0.2, -0.15) is 8.61 Å². The minimum absolute atomic E-state index is 0.137. The summed E-state index contributed by atoms with van der Waals surface area (Å²) in [5.74, 6) is 0. The van der Waals surface area contributed by atoms with E-state index in [1.165, 1.54) is 8.61 Å². The van der Waals surface area contributed by atoms with Crippen LogP contribution in [0.4, 0.5) is 0 Å². The molecule has 1 aliphatic heterocycles. The summed E-state index contributed by atoms with van der Waals surface area (Å²) in [7, 11) is -7.24. The summed E-state index contributed by atoms with van der Waals surface area (Å²) in [6.07, 6.45) is 1.93. The average Bonchev–Trinajstić information content (AvgIpc) is 2.68. The van der Waals surface area contributed by atoms with Crippen LogP contribution in [0, 0.1) is 6.92 Å². The third-order valence-electron chi connectivity index (χ3n) is 4.55. The minimum atomic E-state index is -3.62. The molecule has 146 valence electrons. The van der Waals surface area contributed by atoms with E-state index in [2.05, 4.69) is 0 Å². The van der Waals surface area contributed by atoms with E-state index in [1.54, 1.807) is 60.3 Å². The van der Waals surface area contributed by atoms with E-state index < -0.39 is 20.0 Å². The van der Waals surface area contributed by atoms with Crippen molar-refractivity contribution < 1.29 is 16.8 Å². The largest absolute Gasteiger partial charge is 0.243 e. The molecule has 0 spiro atoms. The molecule has 0 radical (unpaired) electrons. The fourth-order valence-corrected chi connectivity index (χ4v) is 6.16. The lowest BCUT2D eigenvalue weighted by Crippen LogP contribution is -2.50. The van der Waals surface area contributed by atoms with Crippen LogP contribution in [0.15, 0.2) is 63.2 Å². The van der Waals surface area contributed by atoms with Crippen LogP contribution < -0.4 is 0 Å². The zero-order valence-corrected chi connectivity index (χ0v) is 17.6. The van der Waals surface area contributed by atoms with Crippen molar-refractivity contribution in [2.24, 2.45) is 0 Å². The Bertz CT molecular complexity index is 994. The molecule has 1 fully saturated rings. The lowest BCUT2D eigenvalue weighted by Gasteiger charge is -2.33. The number of hydrogen-bond donors (Lipinski definition) is 0. The number of nitrogens with zero attached hydrogens (tertiary/aromatic N) is 2. The van der Waals surface area contributed by atoms with Gasteiger partial charge in [0, 0.05) is 31.1 Å². The van der Waals surface area contributed by atoms with E-state index >= 15 is 0 Å². The molecule has 2 aromatic carbocycles. The second-order valence-corrected chi connectivity index (χ2v) is 11.1. The number of piperazine rings is 1. The van der Waals surface area contributed by atoms with Gasteiger partial charge in [-0.1, -0.05) is 17.7 Å². The Balaban J connectivity index is 1.73. The van der Waals surface area contributed by atoms with Crippen LogP contribution in [0.2, 0.25) is 0 Å². The SMILES string of the molecule is CSc1ccc(S(=O)(=O)N2CCN(S(=O)(=O)c3ccc(C)cc3)CC2)cc1. The topological polar surface area (TPSA) is 74.8 Å². The summed E-state index contributed by atoms with van der Waals surface area (Å²) in [6.45, 7) is 2.44. The summed E-state index contributed by atoms with van der Waals surface area (Å²) in [6, 6.07) is 13.4. The van der Waals surface area contributed by atoms with Gasteiger partial charge >= 0.3 is 0 Å². The molecule has 0 saturated carbocycles. The van der Waals surface area contributed by atoms with Gasteiger partial charge in [-0.15, -0.1) is 11.8 Å². The highest BCUT2D eigenvalue weighted by Gasteiger charge is 2.33. The molecule has 0 aromatic heterocycles. The van der Waals surface area contributed by atoms with Crippen LogP contribution >= 0.6 is 11.8 Å². The van der Waals surface area contributed by atoms with Crippen LogP contribution in [0.25, 0.3) is 0 Å². The number of rotatable bonds is 5. The summed E-state index contributed by atoms with van der Waals surface area (Å²) in [5.41, 5.74) is 0.984. The zero-order chi connectivity index (χ0) is 19.7. The Kier molecular flexibility index (Phi) is 5.97. The molecule has 0 aliphatic carbocycles. The zero-order valence-electron chi connectivity index (χ0n) is 15.2. The highest BCUT2D eigenvalue weighted by atomic mass is 32.2. The monoisotopic (exact) mass is 426 g/mol. The van der Waals surface area contributed by atoms with Crippen molar-refractivity contribution in [3.05, 3.63) is 54.1 Å². The van der Waals surface area contributed by atoms with E-state index in [1.807, 2.05) is 13.2 Å². The van der Waals surface area contributed by atoms with Crippen molar-refractivity contribution in [1.82, 2.24) is 8.61 Å². The molecule has 0 atom stereocenters. The van der Waals surface area contributed by atoms with Gasteiger partial charge in [-0.05, 0) is 49.6 Å². The first-order valence-electron chi connectivity index (χ1n) is 8.46. The minimum Gasteiger partial charge on any atom is -0.207 e. The van der Waals surface area contributed by atoms with Crippen molar-refractivity contribution in [2.75, 3.05) is 32.4 Å². The fraction of sp³-hybridized carbons (Fsp3) is 0.333. The summed E-state index contributed by atoms with van der Waals surface area (Å²) in [4.78, 5) is 1.45. The molecule has 2 aromatic rings. The molecular weight excluding hydrogens is 404 g/mol. The van der Waals surface area contributed by atoms with Crippen molar-refractivity contribution >= 4 is 31.8 Å². The van der Waals surface area contributed by atoms with Crippen LogP contribution in [-0.4, -0.2) is 57.9 Å². The maximum atomic E-state index is 12.8. The Morgan fingerprint density at radius 3 is 1.44 bits per heavy atom. The first-order valence-corrected chi connectivity index (χ1v) is 12.6. The third-order valence-corrected chi connectivity index (χ3v) is 9.12. The quantitative estimate of drug-likeness (QED) is 0.687. The molecule has 6 nitrogen and oxygen atoms in total. The Morgan fingerprint density at radius 1 is 0.704 bits per heavy atom. The normalized spacial score (nSPS) is 17.1. The van der Waals surface area contributed by atoms with Gasteiger partial charge in [-0.3, -0.25) is 0 Å². The van der Waals surface area contributed by atoms with Gasteiger partial charge < -0.3 is 0 Å². The van der Waals surface area contributed by atoms with Gasteiger partial charge in [-0.25, -0.2) is 16.8 Å².